The molecule has 9 heteroatoms. The first-order valence-corrected chi connectivity index (χ1v) is 16.3. The van der Waals surface area contributed by atoms with Gasteiger partial charge < -0.3 is 29.7 Å². The van der Waals surface area contributed by atoms with Crippen LogP contribution in [0.15, 0.2) is 48.8 Å². The van der Waals surface area contributed by atoms with E-state index in [0.717, 1.165) is 93.1 Å². The van der Waals surface area contributed by atoms with Gasteiger partial charge >= 0.3 is 6.03 Å². The van der Waals surface area contributed by atoms with Crippen LogP contribution in [0.25, 0.3) is 10.9 Å². The summed E-state index contributed by atoms with van der Waals surface area (Å²) in [5.74, 6) is 1.17. The largest absolute Gasteiger partial charge is 0.493 e. The van der Waals surface area contributed by atoms with E-state index >= 15 is 0 Å². The van der Waals surface area contributed by atoms with Crippen LogP contribution in [0.1, 0.15) is 57.6 Å². The van der Waals surface area contributed by atoms with E-state index in [9.17, 15) is 4.79 Å². The molecule has 0 spiro atoms. The maximum atomic E-state index is 13.0. The van der Waals surface area contributed by atoms with Crippen LogP contribution < -0.4 is 15.0 Å². The number of anilines is 2. The minimum absolute atomic E-state index is 0.0284. The molecule has 1 N–H and O–H groups in total. The maximum absolute atomic E-state index is 13.0. The SMILES string of the molecule is CC.CN1CCN(CCCOc2ccc3c(C4CCN(C(=O)Nc5ccc(N6CCCC6)cc5)CC4)ncnc3c2)CC1. The topological polar surface area (TPSA) is 77.1 Å². The standard InChI is InChI=1S/C32H43N7O2.C2H6/c1-36-18-20-37(21-19-36)13-4-22-41-28-9-10-29-30(23-28)33-24-34-31(29)25-11-16-39(17-12-25)32(40)35-26-5-7-27(8-6-26)38-14-2-3-15-38;1-2/h5-10,23-25H,2-4,11-22H2,1H3,(H,35,40);1-2H3. The molecular weight excluding hydrogens is 538 g/mol. The predicted octanol–water partition coefficient (Wildman–Crippen LogP) is 5.68. The fourth-order valence-corrected chi connectivity index (χ4v) is 6.31. The number of benzene rings is 2. The Labute approximate surface area is 257 Å². The van der Waals surface area contributed by atoms with Gasteiger partial charge in [-0.05, 0) is 75.5 Å². The number of carbonyl (C=O) groups is 1. The van der Waals surface area contributed by atoms with Gasteiger partial charge in [0.2, 0.25) is 0 Å². The molecule has 0 aliphatic carbocycles. The fraction of sp³-hybridized carbons (Fsp3) is 0.559. The Kier molecular flexibility index (Phi) is 11.1. The molecule has 0 saturated carbocycles. The highest BCUT2D eigenvalue weighted by molar-refractivity contribution is 5.89. The molecule has 0 radical (unpaired) electrons. The lowest BCUT2D eigenvalue weighted by Crippen LogP contribution is -2.44. The highest BCUT2D eigenvalue weighted by atomic mass is 16.5. The molecule has 3 saturated heterocycles. The number of carbonyl (C=O) groups excluding carboxylic acids is 1. The molecule has 1 aromatic heterocycles. The quantitative estimate of drug-likeness (QED) is 0.340. The molecule has 2 aromatic carbocycles. The molecule has 6 rings (SSSR count). The molecule has 0 atom stereocenters. The number of ether oxygens (including phenoxy) is 1. The van der Waals surface area contributed by atoms with Gasteiger partial charge in [-0.3, -0.25) is 0 Å². The van der Waals surface area contributed by atoms with E-state index in [4.69, 9.17) is 4.74 Å². The van der Waals surface area contributed by atoms with E-state index in [1.54, 1.807) is 6.33 Å². The summed E-state index contributed by atoms with van der Waals surface area (Å²) in [7, 11) is 2.19. The summed E-state index contributed by atoms with van der Waals surface area (Å²) in [6.45, 7) is 14.0. The first-order valence-electron chi connectivity index (χ1n) is 16.3. The van der Waals surface area contributed by atoms with Crippen molar-refractivity contribution in [2.45, 2.75) is 51.9 Å². The minimum atomic E-state index is -0.0284. The number of rotatable bonds is 8. The van der Waals surface area contributed by atoms with Gasteiger partial charge in [0.1, 0.15) is 12.1 Å². The van der Waals surface area contributed by atoms with Crippen LogP contribution in [-0.4, -0.2) is 103 Å². The molecule has 232 valence electrons. The van der Waals surface area contributed by atoms with Crippen LogP contribution >= 0.6 is 0 Å². The van der Waals surface area contributed by atoms with E-state index in [1.165, 1.54) is 18.5 Å². The Morgan fingerprint density at radius 3 is 2.35 bits per heavy atom. The summed E-state index contributed by atoms with van der Waals surface area (Å²) in [6, 6.07) is 14.4. The normalized spacial score (nSPS) is 18.4. The molecule has 0 bridgehead atoms. The minimum Gasteiger partial charge on any atom is -0.493 e. The van der Waals surface area contributed by atoms with Crippen LogP contribution in [0.5, 0.6) is 5.75 Å². The second-order valence-electron chi connectivity index (χ2n) is 11.7. The number of likely N-dealkylation sites (N-methyl/N-ethyl adjacent to an activating group) is 1. The van der Waals surface area contributed by atoms with Crippen molar-refractivity contribution >= 4 is 28.3 Å². The number of amides is 2. The Morgan fingerprint density at radius 2 is 1.63 bits per heavy atom. The summed E-state index contributed by atoms with van der Waals surface area (Å²) >= 11 is 0. The second-order valence-corrected chi connectivity index (χ2v) is 11.7. The third-order valence-electron chi connectivity index (χ3n) is 8.88. The smallest absolute Gasteiger partial charge is 0.321 e. The van der Waals surface area contributed by atoms with Gasteiger partial charge in [0.05, 0.1) is 17.8 Å². The Balaban J connectivity index is 0.00000180. The van der Waals surface area contributed by atoms with E-state index in [1.807, 2.05) is 43.0 Å². The monoisotopic (exact) mass is 587 g/mol. The summed E-state index contributed by atoms with van der Waals surface area (Å²) in [6.07, 6.45) is 6.97. The summed E-state index contributed by atoms with van der Waals surface area (Å²) in [5.41, 5.74) is 4.08. The Morgan fingerprint density at radius 1 is 0.907 bits per heavy atom. The first-order chi connectivity index (χ1) is 21.1. The molecule has 4 heterocycles. The van der Waals surface area contributed by atoms with Crippen LogP contribution in [0.2, 0.25) is 0 Å². The van der Waals surface area contributed by atoms with Crippen LogP contribution in [-0.2, 0) is 0 Å². The van der Waals surface area contributed by atoms with E-state index < -0.39 is 0 Å². The van der Waals surface area contributed by atoms with Gasteiger partial charge in [0.15, 0.2) is 0 Å². The van der Waals surface area contributed by atoms with Crippen molar-refractivity contribution in [3.05, 3.63) is 54.5 Å². The van der Waals surface area contributed by atoms with Crippen molar-refractivity contribution in [3.63, 3.8) is 0 Å². The number of urea groups is 1. The third kappa shape index (κ3) is 8.15. The molecule has 0 unspecified atom stereocenters. The number of nitrogens with zero attached hydrogens (tertiary/aromatic N) is 6. The third-order valence-corrected chi connectivity index (χ3v) is 8.88. The van der Waals surface area contributed by atoms with Gasteiger partial charge in [-0.2, -0.15) is 0 Å². The number of piperazine rings is 1. The van der Waals surface area contributed by atoms with Crippen molar-refractivity contribution in [2.75, 3.05) is 82.8 Å². The van der Waals surface area contributed by atoms with Gasteiger partial charge in [-0.1, -0.05) is 13.8 Å². The van der Waals surface area contributed by atoms with E-state index in [2.05, 4.69) is 55.2 Å². The Hall–Kier alpha value is -3.43. The number of fused-ring (bicyclic) bond motifs is 1. The predicted molar refractivity (Wildman–Crippen MR) is 175 cm³/mol. The molecule has 3 aliphatic heterocycles. The first kappa shape index (κ1) is 31.0. The highest BCUT2D eigenvalue weighted by Gasteiger charge is 2.26. The highest BCUT2D eigenvalue weighted by Crippen LogP contribution is 2.32. The van der Waals surface area contributed by atoms with Gasteiger partial charge in [0.25, 0.3) is 0 Å². The molecule has 9 nitrogen and oxygen atoms in total. The number of hydrogen-bond donors (Lipinski definition) is 1. The molecule has 43 heavy (non-hydrogen) atoms. The maximum Gasteiger partial charge on any atom is 0.321 e. The number of aromatic nitrogens is 2. The molecule has 2 amide bonds. The molecule has 3 fully saturated rings. The summed E-state index contributed by atoms with van der Waals surface area (Å²) in [4.78, 5) is 31.4. The van der Waals surface area contributed by atoms with Crippen molar-refractivity contribution in [1.29, 1.82) is 0 Å². The lowest BCUT2D eigenvalue weighted by atomic mass is 9.91. The van der Waals surface area contributed by atoms with Crippen molar-refractivity contribution in [3.8, 4) is 5.75 Å². The van der Waals surface area contributed by atoms with Crippen LogP contribution in [0, 0.1) is 0 Å². The van der Waals surface area contributed by atoms with Crippen LogP contribution in [0.4, 0.5) is 16.2 Å². The average molecular weight is 588 g/mol. The van der Waals surface area contributed by atoms with E-state index in [0.29, 0.717) is 25.6 Å². The van der Waals surface area contributed by atoms with Gasteiger partial charge in [-0.15, -0.1) is 0 Å². The van der Waals surface area contributed by atoms with Crippen molar-refractivity contribution < 1.29 is 9.53 Å². The van der Waals surface area contributed by atoms with Crippen LogP contribution in [0.3, 0.4) is 0 Å². The number of likely N-dealkylation sites (tertiary alicyclic amines) is 1. The summed E-state index contributed by atoms with van der Waals surface area (Å²) in [5, 5.41) is 4.17. The van der Waals surface area contributed by atoms with Gasteiger partial charge in [0, 0.05) is 87.6 Å². The number of nitrogens with one attached hydrogen (secondary N) is 1. The molecule has 3 aliphatic rings. The van der Waals surface area contributed by atoms with Gasteiger partial charge in [-0.25, -0.2) is 14.8 Å². The van der Waals surface area contributed by atoms with Crippen molar-refractivity contribution in [2.24, 2.45) is 0 Å². The second kappa shape index (κ2) is 15.3. The Bertz CT molecular complexity index is 1300. The lowest BCUT2D eigenvalue weighted by Gasteiger charge is -2.32. The summed E-state index contributed by atoms with van der Waals surface area (Å²) < 4.78 is 6.08. The molecular formula is C34H49N7O2. The average Bonchev–Trinajstić information content (AvgIpc) is 3.60. The van der Waals surface area contributed by atoms with Crippen molar-refractivity contribution in [1.82, 2.24) is 24.7 Å². The number of hydrogen-bond acceptors (Lipinski definition) is 7. The zero-order valence-electron chi connectivity index (χ0n) is 26.3. The lowest BCUT2D eigenvalue weighted by molar-refractivity contribution is 0.145. The number of piperidine rings is 1. The van der Waals surface area contributed by atoms with E-state index in [-0.39, 0.29) is 6.03 Å². The fourth-order valence-electron chi connectivity index (χ4n) is 6.31. The zero-order valence-corrected chi connectivity index (χ0v) is 26.3. The molecule has 3 aromatic rings. The zero-order chi connectivity index (χ0) is 30.0.